The van der Waals surface area contributed by atoms with E-state index < -0.39 is 40.9 Å². The molecule has 0 heterocycles. The fourth-order valence-corrected chi connectivity index (χ4v) is 3.18. The average molecular weight is 385 g/mol. The number of amides is 1. The summed E-state index contributed by atoms with van der Waals surface area (Å²) in [5.41, 5.74) is -0.279. The van der Waals surface area contributed by atoms with E-state index in [9.17, 15) is 26.7 Å². The van der Waals surface area contributed by atoms with E-state index in [1.165, 1.54) is 0 Å². The molecule has 25 heavy (non-hydrogen) atoms. The number of hydrogen-bond acceptors (Lipinski definition) is 3. The molecule has 0 aliphatic carbocycles. The van der Waals surface area contributed by atoms with Gasteiger partial charge in [-0.2, -0.15) is 8.78 Å². The van der Waals surface area contributed by atoms with Gasteiger partial charge in [-0.25, -0.2) is 18.0 Å². The van der Waals surface area contributed by atoms with Crippen molar-refractivity contribution in [3.05, 3.63) is 29.1 Å². The molecule has 0 saturated heterocycles. The number of carbonyl (C=O) groups excluding carboxylic acids is 1. The lowest BCUT2D eigenvalue weighted by Crippen LogP contribution is -2.33. The Morgan fingerprint density at radius 1 is 1.00 bits per heavy atom. The largest absolute Gasteiger partial charge is 0.422 e. The van der Waals surface area contributed by atoms with Crippen molar-refractivity contribution in [3.63, 3.8) is 0 Å². The summed E-state index contributed by atoms with van der Waals surface area (Å²) < 4.78 is 75.6. The standard InChI is InChI=1S/C15H20F5NO3Si/c1-3-15(4-2,24-25)6-5-7-21-14(22)23-13-11(19)9(17)8(16)10(18)12(13)20/h3-7H2,1-2,25H3,(H,21,22). The van der Waals surface area contributed by atoms with Crippen molar-refractivity contribution in [3.8, 4) is 5.75 Å². The summed E-state index contributed by atoms with van der Waals surface area (Å²) in [6.45, 7) is 4.06. The van der Waals surface area contributed by atoms with Crippen LogP contribution in [-0.2, 0) is 4.43 Å². The highest BCUT2D eigenvalue weighted by Crippen LogP contribution is 2.29. The van der Waals surface area contributed by atoms with E-state index in [4.69, 9.17) is 4.43 Å². The van der Waals surface area contributed by atoms with E-state index in [0.29, 0.717) is 23.3 Å². The second-order valence-electron chi connectivity index (χ2n) is 5.41. The molecule has 0 aliphatic heterocycles. The Hall–Kier alpha value is -1.68. The highest BCUT2D eigenvalue weighted by molar-refractivity contribution is 5.98. The average Bonchev–Trinajstić information content (AvgIpc) is 2.62. The summed E-state index contributed by atoms with van der Waals surface area (Å²) in [5.74, 6) is -12.7. The van der Waals surface area contributed by atoms with Gasteiger partial charge in [0.15, 0.2) is 0 Å². The molecule has 0 aromatic heterocycles. The Morgan fingerprint density at radius 3 is 1.92 bits per heavy atom. The lowest BCUT2D eigenvalue weighted by molar-refractivity contribution is 0.0591. The van der Waals surface area contributed by atoms with Crippen LogP contribution < -0.4 is 10.1 Å². The Balaban J connectivity index is 2.65. The minimum Gasteiger partial charge on any atom is -0.422 e. The maximum atomic E-state index is 13.4. The predicted octanol–water partition coefficient (Wildman–Crippen LogP) is 3.11. The van der Waals surface area contributed by atoms with Gasteiger partial charge in [0.1, 0.15) is 10.5 Å². The van der Waals surface area contributed by atoms with E-state index in [0.717, 1.165) is 12.8 Å². The molecule has 0 unspecified atom stereocenters. The van der Waals surface area contributed by atoms with Crippen LogP contribution in [0.3, 0.4) is 0 Å². The second-order valence-corrected chi connectivity index (χ2v) is 5.82. The quantitative estimate of drug-likeness (QED) is 0.246. The van der Waals surface area contributed by atoms with Gasteiger partial charge >= 0.3 is 6.09 Å². The molecule has 0 atom stereocenters. The summed E-state index contributed by atoms with van der Waals surface area (Å²) in [6.07, 6.45) is 1.42. The van der Waals surface area contributed by atoms with Crippen molar-refractivity contribution in [2.45, 2.75) is 45.1 Å². The molecule has 0 bridgehead atoms. The van der Waals surface area contributed by atoms with Crippen LogP contribution in [0.2, 0.25) is 0 Å². The van der Waals surface area contributed by atoms with Crippen molar-refractivity contribution >= 4 is 16.6 Å². The van der Waals surface area contributed by atoms with E-state index in [-0.39, 0.29) is 12.1 Å². The Morgan fingerprint density at radius 2 is 1.48 bits per heavy atom. The molecular formula is C15H20F5NO3Si. The molecule has 0 fully saturated rings. The minimum atomic E-state index is -2.32. The molecule has 0 aliphatic rings. The highest BCUT2D eigenvalue weighted by Gasteiger charge is 2.28. The smallest absolute Gasteiger partial charge is 0.412 e. The van der Waals surface area contributed by atoms with Gasteiger partial charge in [-0.1, -0.05) is 13.8 Å². The first kappa shape index (κ1) is 21.4. The molecule has 1 N–H and O–H groups in total. The van der Waals surface area contributed by atoms with Crippen LogP contribution >= 0.6 is 0 Å². The third-order valence-electron chi connectivity index (χ3n) is 4.16. The molecule has 0 radical (unpaired) electrons. The molecule has 1 aromatic rings. The maximum Gasteiger partial charge on any atom is 0.412 e. The van der Waals surface area contributed by atoms with Crippen LogP contribution in [-0.4, -0.2) is 28.7 Å². The number of nitrogens with one attached hydrogen (secondary N) is 1. The van der Waals surface area contributed by atoms with E-state index >= 15 is 0 Å². The fraction of sp³-hybridized carbons (Fsp3) is 0.533. The zero-order valence-electron chi connectivity index (χ0n) is 14.2. The lowest BCUT2D eigenvalue weighted by Gasteiger charge is -2.31. The first-order chi connectivity index (χ1) is 11.7. The van der Waals surface area contributed by atoms with Crippen LogP contribution in [0.25, 0.3) is 0 Å². The number of carbonyl (C=O) groups is 1. The van der Waals surface area contributed by atoms with Crippen molar-refractivity contribution < 1.29 is 35.9 Å². The fourth-order valence-electron chi connectivity index (χ4n) is 2.40. The normalized spacial score (nSPS) is 11.6. The third kappa shape index (κ3) is 4.91. The molecule has 0 spiro atoms. The Labute approximate surface area is 145 Å². The van der Waals surface area contributed by atoms with E-state index in [1.807, 2.05) is 13.8 Å². The van der Waals surface area contributed by atoms with E-state index in [2.05, 4.69) is 10.1 Å². The molecule has 142 valence electrons. The van der Waals surface area contributed by atoms with Gasteiger partial charge in [0.25, 0.3) is 0 Å². The molecule has 1 amide bonds. The first-order valence-corrected chi connectivity index (χ1v) is 8.56. The first-order valence-electron chi connectivity index (χ1n) is 7.75. The topological polar surface area (TPSA) is 47.6 Å². The van der Waals surface area contributed by atoms with Crippen LogP contribution in [0, 0.1) is 29.1 Å². The summed E-state index contributed by atoms with van der Waals surface area (Å²) in [5, 5.41) is 2.21. The summed E-state index contributed by atoms with van der Waals surface area (Å²) in [4.78, 5) is 11.5. The lowest BCUT2D eigenvalue weighted by atomic mass is 9.92. The van der Waals surface area contributed by atoms with Gasteiger partial charge in [-0.3, -0.25) is 0 Å². The zero-order chi connectivity index (χ0) is 19.2. The van der Waals surface area contributed by atoms with Crippen LogP contribution in [0.4, 0.5) is 26.7 Å². The molecular weight excluding hydrogens is 365 g/mol. The summed E-state index contributed by atoms with van der Waals surface area (Å²) >= 11 is 0. The van der Waals surface area contributed by atoms with Crippen LogP contribution in [0.15, 0.2) is 0 Å². The molecule has 0 saturated carbocycles. The van der Waals surface area contributed by atoms with Gasteiger partial charge in [-0.05, 0) is 25.7 Å². The maximum absolute atomic E-state index is 13.4. The van der Waals surface area contributed by atoms with Gasteiger partial charge in [-0.15, -0.1) is 0 Å². The van der Waals surface area contributed by atoms with Crippen molar-refractivity contribution in [1.82, 2.24) is 5.32 Å². The number of rotatable bonds is 8. The van der Waals surface area contributed by atoms with Gasteiger partial charge in [0.2, 0.25) is 34.8 Å². The third-order valence-corrected chi connectivity index (χ3v) is 5.03. The molecule has 10 heteroatoms. The van der Waals surface area contributed by atoms with Crippen molar-refractivity contribution in [2.75, 3.05) is 6.54 Å². The predicted molar refractivity (Wildman–Crippen MR) is 83.8 cm³/mol. The number of hydrogen-bond donors (Lipinski definition) is 1. The highest BCUT2D eigenvalue weighted by atomic mass is 28.2. The Kier molecular flexibility index (Phi) is 7.81. The number of halogens is 5. The van der Waals surface area contributed by atoms with Gasteiger partial charge in [0.05, 0.1) is 5.60 Å². The molecule has 1 aromatic carbocycles. The molecule has 4 nitrogen and oxygen atoms in total. The second kappa shape index (κ2) is 9.14. The zero-order valence-corrected chi connectivity index (χ0v) is 16.2. The number of benzene rings is 1. The molecule has 1 rings (SSSR count). The monoisotopic (exact) mass is 385 g/mol. The number of ether oxygens (including phenoxy) is 1. The van der Waals surface area contributed by atoms with Crippen LogP contribution in [0.1, 0.15) is 39.5 Å². The SMILES string of the molecule is CCC(CC)(CCCNC(=O)Oc1c(F)c(F)c(F)c(F)c1F)O[SiH3]. The van der Waals surface area contributed by atoms with Crippen molar-refractivity contribution in [1.29, 1.82) is 0 Å². The minimum absolute atomic E-state index is 0.0981. The van der Waals surface area contributed by atoms with E-state index in [1.54, 1.807) is 0 Å². The summed E-state index contributed by atoms with van der Waals surface area (Å²) in [6, 6.07) is 0. The summed E-state index contributed by atoms with van der Waals surface area (Å²) in [7, 11) is 0.562. The van der Waals surface area contributed by atoms with Crippen LogP contribution in [0.5, 0.6) is 5.75 Å². The Bertz CT molecular complexity index is 588. The van der Waals surface area contributed by atoms with Gasteiger partial charge < -0.3 is 14.5 Å². The van der Waals surface area contributed by atoms with Crippen molar-refractivity contribution in [2.24, 2.45) is 0 Å². The van der Waals surface area contributed by atoms with Gasteiger partial charge in [0, 0.05) is 6.54 Å².